The molecule has 1 atom stereocenters. The first kappa shape index (κ1) is 16.7. The molecule has 3 aromatic rings. The number of aromatic nitrogens is 2. The molecule has 1 saturated heterocycles. The molecule has 4 rings (SSSR count). The van der Waals surface area contributed by atoms with Crippen molar-refractivity contribution in [1.82, 2.24) is 9.97 Å². The molecule has 1 N–H and O–H groups in total. The summed E-state index contributed by atoms with van der Waals surface area (Å²) in [5.74, 6) is 0.301. The van der Waals surface area contributed by atoms with Gasteiger partial charge < -0.3 is 15.0 Å². The van der Waals surface area contributed by atoms with Gasteiger partial charge in [0.2, 0.25) is 0 Å². The van der Waals surface area contributed by atoms with Crippen molar-refractivity contribution < 1.29 is 9.13 Å². The summed E-state index contributed by atoms with van der Waals surface area (Å²) in [5, 5.41) is 4.06. The van der Waals surface area contributed by atoms with Gasteiger partial charge >= 0.3 is 0 Å². The van der Waals surface area contributed by atoms with E-state index in [-0.39, 0.29) is 11.9 Å². The summed E-state index contributed by atoms with van der Waals surface area (Å²) >= 11 is 0. The quantitative estimate of drug-likeness (QED) is 0.774. The lowest BCUT2D eigenvalue weighted by Gasteiger charge is -2.29. The van der Waals surface area contributed by atoms with E-state index < -0.39 is 0 Å². The molecule has 2 aromatic carbocycles. The van der Waals surface area contributed by atoms with Crippen LogP contribution in [0.25, 0.3) is 10.9 Å². The summed E-state index contributed by atoms with van der Waals surface area (Å²) < 4.78 is 19.3. The second kappa shape index (κ2) is 7.25. The number of fused-ring (bicyclic) bond motifs is 1. The van der Waals surface area contributed by atoms with E-state index in [9.17, 15) is 4.39 Å². The van der Waals surface area contributed by atoms with Crippen molar-refractivity contribution >= 4 is 22.4 Å². The zero-order valence-electron chi connectivity index (χ0n) is 14.7. The monoisotopic (exact) mass is 352 g/mol. The number of nitrogens with one attached hydrogen (secondary N) is 1. The fourth-order valence-electron chi connectivity index (χ4n) is 3.25. The molecule has 0 bridgehead atoms. The Morgan fingerprint density at radius 1 is 1.08 bits per heavy atom. The van der Waals surface area contributed by atoms with E-state index in [1.807, 2.05) is 6.07 Å². The molecule has 0 saturated carbocycles. The Balaban J connectivity index is 1.53. The number of halogens is 1. The number of benzene rings is 2. The minimum atomic E-state index is -0.338. The smallest absolute Gasteiger partial charge is 0.149 e. The predicted molar refractivity (Wildman–Crippen MR) is 101 cm³/mol. The molecule has 2 heterocycles. The van der Waals surface area contributed by atoms with Crippen molar-refractivity contribution in [3.05, 3.63) is 60.2 Å². The lowest BCUT2D eigenvalue weighted by molar-refractivity contribution is 0.122. The van der Waals surface area contributed by atoms with E-state index in [0.29, 0.717) is 16.7 Å². The molecule has 6 heteroatoms. The molecule has 5 nitrogen and oxygen atoms in total. The highest BCUT2D eigenvalue weighted by atomic mass is 19.1. The van der Waals surface area contributed by atoms with Crippen molar-refractivity contribution in [1.29, 1.82) is 0 Å². The second-order valence-electron chi connectivity index (χ2n) is 6.42. The van der Waals surface area contributed by atoms with Gasteiger partial charge in [0.25, 0.3) is 0 Å². The molecule has 0 spiro atoms. The van der Waals surface area contributed by atoms with Crippen LogP contribution in [-0.4, -0.2) is 36.3 Å². The van der Waals surface area contributed by atoms with Crippen LogP contribution in [0, 0.1) is 5.82 Å². The van der Waals surface area contributed by atoms with Gasteiger partial charge in [-0.25, -0.2) is 14.4 Å². The molecule has 26 heavy (non-hydrogen) atoms. The van der Waals surface area contributed by atoms with Crippen molar-refractivity contribution in [3.63, 3.8) is 0 Å². The number of hydrogen-bond acceptors (Lipinski definition) is 5. The molecule has 0 aliphatic carbocycles. The maximum Gasteiger partial charge on any atom is 0.149 e. The lowest BCUT2D eigenvalue weighted by atomic mass is 10.1. The van der Waals surface area contributed by atoms with Gasteiger partial charge in [-0.3, -0.25) is 0 Å². The van der Waals surface area contributed by atoms with Gasteiger partial charge in [-0.15, -0.1) is 0 Å². The van der Waals surface area contributed by atoms with E-state index in [4.69, 9.17) is 4.74 Å². The highest BCUT2D eigenvalue weighted by Gasteiger charge is 2.14. The Bertz CT molecular complexity index is 894. The molecule has 134 valence electrons. The highest BCUT2D eigenvalue weighted by Crippen LogP contribution is 2.26. The lowest BCUT2D eigenvalue weighted by Crippen LogP contribution is -2.36. The van der Waals surface area contributed by atoms with Crippen molar-refractivity contribution in [2.75, 3.05) is 36.5 Å². The van der Waals surface area contributed by atoms with Crippen LogP contribution in [0.2, 0.25) is 0 Å². The van der Waals surface area contributed by atoms with Gasteiger partial charge in [0.1, 0.15) is 23.5 Å². The Hall–Kier alpha value is -2.73. The summed E-state index contributed by atoms with van der Waals surface area (Å²) in [7, 11) is 0. The SMILES string of the molecule is CC(Nc1ncnc2c(F)cccc12)c1ccc(N2CCOCC2)cc1. The van der Waals surface area contributed by atoms with E-state index in [1.54, 1.807) is 6.07 Å². The zero-order valence-corrected chi connectivity index (χ0v) is 14.7. The number of para-hydroxylation sites is 1. The Morgan fingerprint density at radius 3 is 2.62 bits per heavy atom. The summed E-state index contributed by atoms with van der Waals surface area (Å²) in [6.45, 7) is 5.46. The van der Waals surface area contributed by atoms with Crippen molar-refractivity contribution in [3.8, 4) is 0 Å². The largest absolute Gasteiger partial charge is 0.378 e. The third-order valence-corrected chi connectivity index (χ3v) is 4.74. The molecule has 1 unspecified atom stereocenters. The minimum Gasteiger partial charge on any atom is -0.378 e. The number of rotatable bonds is 4. The van der Waals surface area contributed by atoms with Crippen LogP contribution >= 0.6 is 0 Å². The maximum absolute atomic E-state index is 13.9. The average molecular weight is 352 g/mol. The molecular weight excluding hydrogens is 331 g/mol. The molecule has 1 aromatic heterocycles. The topological polar surface area (TPSA) is 50.3 Å². The van der Waals surface area contributed by atoms with Crippen LogP contribution in [0.15, 0.2) is 48.8 Å². The van der Waals surface area contributed by atoms with E-state index in [2.05, 4.69) is 51.4 Å². The highest BCUT2D eigenvalue weighted by molar-refractivity contribution is 5.89. The Labute approximate surface area is 151 Å². The predicted octanol–water partition coefficient (Wildman–Crippen LogP) is 3.78. The number of ether oxygens (including phenoxy) is 1. The Morgan fingerprint density at radius 2 is 1.85 bits per heavy atom. The summed E-state index contributed by atoms with van der Waals surface area (Å²) in [5.41, 5.74) is 2.68. The number of nitrogens with zero attached hydrogens (tertiary/aromatic N) is 3. The van der Waals surface area contributed by atoms with E-state index in [0.717, 1.165) is 31.9 Å². The number of anilines is 2. The van der Waals surface area contributed by atoms with E-state index in [1.165, 1.54) is 18.1 Å². The standard InChI is InChI=1S/C20H21FN4O/c1-14(15-5-7-16(8-6-15)25-9-11-26-12-10-25)24-20-17-3-2-4-18(21)19(17)22-13-23-20/h2-8,13-14H,9-12H2,1H3,(H,22,23,24). The van der Waals surface area contributed by atoms with Gasteiger partial charge in [-0.1, -0.05) is 18.2 Å². The number of morpholine rings is 1. The van der Waals surface area contributed by atoms with Crippen LogP contribution in [0.3, 0.4) is 0 Å². The van der Waals surface area contributed by atoms with Gasteiger partial charge in [-0.05, 0) is 36.8 Å². The first-order valence-electron chi connectivity index (χ1n) is 8.81. The van der Waals surface area contributed by atoms with Gasteiger partial charge in [-0.2, -0.15) is 0 Å². The summed E-state index contributed by atoms with van der Waals surface area (Å²) in [6.07, 6.45) is 1.39. The molecule has 0 amide bonds. The first-order valence-corrected chi connectivity index (χ1v) is 8.81. The molecule has 1 aliphatic rings. The average Bonchev–Trinajstić information content (AvgIpc) is 2.69. The molecule has 0 radical (unpaired) electrons. The normalized spacial score (nSPS) is 15.8. The number of hydrogen-bond donors (Lipinski definition) is 1. The van der Waals surface area contributed by atoms with Crippen LogP contribution in [-0.2, 0) is 4.74 Å². The third-order valence-electron chi connectivity index (χ3n) is 4.74. The van der Waals surface area contributed by atoms with Crippen LogP contribution < -0.4 is 10.2 Å². The van der Waals surface area contributed by atoms with Crippen LogP contribution in [0.4, 0.5) is 15.9 Å². The maximum atomic E-state index is 13.9. The fraction of sp³-hybridized carbons (Fsp3) is 0.300. The van der Waals surface area contributed by atoms with Crippen molar-refractivity contribution in [2.45, 2.75) is 13.0 Å². The fourth-order valence-corrected chi connectivity index (χ4v) is 3.25. The summed E-state index contributed by atoms with van der Waals surface area (Å²) in [6, 6.07) is 13.5. The van der Waals surface area contributed by atoms with Gasteiger partial charge in [0.05, 0.1) is 13.2 Å². The zero-order chi connectivity index (χ0) is 17.9. The molecular formula is C20H21FN4O. The second-order valence-corrected chi connectivity index (χ2v) is 6.42. The Kier molecular flexibility index (Phi) is 4.67. The summed E-state index contributed by atoms with van der Waals surface area (Å²) in [4.78, 5) is 10.7. The third kappa shape index (κ3) is 3.32. The molecule has 1 fully saturated rings. The van der Waals surface area contributed by atoms with Crippen LogP contribution in [0.5, 0.6) is 0 Å². The van der Waals surface area contributed by atoms with Gasteiger partial charge in [0.15, 0.2) is 0 Å². The minimum absolute atomic E-state index is 0.0371. The van der Waals surface area contributed by atoms with Crippen LogP contribution in [0.1, 0.15) is 18.5 Å². The first-order chi connectivity index (χ1) is 12.7. The van der Waals surface area contributed by atoms with Crippen molar-refractivity contribution in [2.24, 2.45) is 0 Å². The van der Waals surface area contributed by atoms with Gasteiger partial charge in [0, 0.05) is 30.2 Å². The molecule has 1 aliphatic heterocycles. The van der Waals surface area contributed by atoms with E-state index >= 15 is 0 Å².